The van der Waals surface area contributed by atoms with Crippen LogP contribution in [-0.4, -0.2) is 10.9 Å². The first kappa shape index (κ1) is 19.8. The van der Waals surface area contributed by atoms with Crippen molar-refractivity contribution in [3.63, 3.8) is 0 Å². The van der Waals surface area contributed by atoms with Crippen molar-refractivity contribution in [2.24, 2.45) is 0 Å². The van der Waals surface area contributed by atoms with Gasteiger partial charge in [-0.15, -0.1) is 0 Å². The number of carbonyl (C=O) groups is 1. The zero-order chi connectivity index (χ0) is 19.8. The molecule has 3 rings (SSSR count). The molecule has 3 aromatic rings. The normalized spacial score (nSPS) is 11.9. The smallest absolute Gasteiger partial charge is 0.244 e. The molecule has 142 valence electrons. The number of ether oxygens (including phenoxy) is 1. The van der Waals surface area contributed by atoms with Crippen molar-refractivity contribution in [3.05, 3.63) is 100 Å². The van der Waals surface area contributed by atoms with Crippen molar-refractivity contribution in [1.29, 1.82) is 0 Å². The highest BCUT2D eigenvalue weighted by Crippen LogP contribution is 2.17. The van der Waals surface area contributed by atoms with Gasteiger partial charge in [0.2, 0.25) is 5.91 Å². The van der Waals surface area contributed by atoms with Gasteiger partial charge in [0.05, 0.1) is 6.04 Å². The molecule has 0 aliphatic carbocycles. The number of pyridine rings is 1. The van der Waals surface area contributed by atoms with Crippen LogP contribution in [0.3, 0.4) is 0 Å². The lowest BCUT2D eigenvalue weighted by molar-refractivity contribution is -0.117. The molecule has 1 N–H and O–H groups in total. The molecule has 0 bridgehead atoms. The van der Waals surface area contributed by atoms with E-state index >= 15 is 0 Å². The highest BCUT2D eigenvalue weighted by atomic mass is 79.9. The number of benzene rings is 2. The first-order valence-corrected chi connectivity index (χ1v) is 9.75. The fourth-order valence-electron chi connectivity index (χ4n) is 2.59. The summed E-state index contributed by atoms with van der Waals surface area (Å²) in [5.41, 5.74) is 3.05. The van der Waals surface area contributed by atoms with Crippen LogP contribution in [-0.2, 0) is 11.4 Å². The number of halogens is 1. The summed E-state index contributed by atoms with van der Waals surface area (Å²) < 4.78 is 6.76. The minimum Gasteiger partial charge on any atom is -0.489 e. The highest BCUT2D eigenvalue weighted by molar-refractivity contribution is 9.10. The summed E-state index contributed by atoms with van der Waals surface area (Å²) in [6, 6.07) is 19.3. The summed E-state index contributed by atoms with van der Waals surface area (Å²) in [6.45, 7) is 2.46. The summed E-state index contributed by atoms with van der Waals surface area (Å²) in [4.78, 5) is 16.1. The maximum Gasteiger partial charge on any atom is 0.244 e. The van der Waals surface area contributed by atoms with Crippen molar-refractivity contribution in [2.75, 3.05) is 0 Å². The Labute approximate surface area is 173 Å². The third-order valence-corrected chi connectivity index (χ3v) is 4.72. The van der Waals surface area contributed by atoms with Gasteiger partial charge in [0, 0.05) is 22.9 Å². The molecule has 0 saturated carbocycles. The van der Waals surface area contributed by atoms with Gasteiger partial charge < -0.3 is 10.1 Å². The van der Waals surface area contributed by atoms with Crippen LogP contribution < -0.4 is 10.1 Å². The number of nitrogens with one attached hydrogen (secondary N) is 1. The van der Waals surface area contributed by atoms with Crippen LogP contribution in [0, 0.1) is 0 Å². The Morgan fingerprint density at radius 3 is 2.43 bits per heavy atom. The lowest BCUT2D eigenvalue weighted by Crippen LogP contribution is -2.24. The summed E-state index contributed by atoms with van der Waals surface area (Å²) in [6.07, 6.45) is 6.82. The maximum absolute atomic E-state index is 12.2. The molecule has 0 saturated heterocycles. The van der Waals surface area contributed by atoms with E-state index in [0.29, 0.717) is 6.61 Å². The second-order valence-corrected chi connectivity index (χ2v) is 7.24. The van der Waals surface area contributed by atoms with Gasteiger partial charge in [0.15, 0.2) is 0 Å². The first-order chi connectivity index (χ1) is 13.6. The maximum atomic E-state index is 12.2. The Balaban J connectivity index is 1.50. The number of nitrogens with zero attached hydrogens (tertiary/aromatic N) is 1. The van der Waals surface area contributed by atoms with E-state index in [1.807, 2.05) is 67.6 Å². The number of carbonyl (C=O) groups excluding carboxylic acids is 1. The van der Waals surface area contributed by atoms with Crippen molar-refractivity contribution in [2.45, 2.75) is 19.6 Å². The fraction of sp³-hybridized carbons (Fsp3) is 0.130. The van der Waals surface area contributed by atoms with E-state index in [2.05, 4.69) is 26.2 Å². The molecule has 1 unspecified atom stereocenters. The quantitative estimate of drug-likeness (QED) is 0.510. The summed E-state index contributed by atoms with van der Waals surface area (Å²) in [7, 11) is 0. The van der Waals surface area contributed by atoms with E-state index in [1.165, 1.54) is 0 Å². The van der Waals surface area contributed by atoms with Gasteiger partial charge in [-0.05, 0) is 66.1 Å². The topological polar surface area (TPSA) is 51.2 Å². The zero-order valence-electron chi connectivity index (χ0n) is 15.5. The van der Waals surface area contributed by atoms with Crippen LogP contribution in [0.4, 0.5) is 0 Å². The van der Waals surface area contributed by atoms with E-state index in [1.54, 1.807) is 24.5 Å². The van der Waals surface area contributed by atoms with Crippen LogP contribution in [0.2, 0.25) is 0 Å². The molecule has 1 amide bonds. The zero-order valence-corrected chi connectivity index (χ0v) is 17.1. The SMILES string of the molecule is CC(NC(=O)/C=C/c1ccc(OCc2ccncc2)cc1)c1ccc(Br)cc1. The second kappa shape index (κ2) is 9.85. The molecule has 0 fully saturated rings. The van der Waals surface area contributed by atoms with Crippen LogP contribution in [0.15, 0.2) is 83.6 Å². The van der Waals surface area contributed by atoms with Gasteiger partial charge in [0.25, 0.3) is 0 Å². The number of aromatic nitrogens is 1. The molecule has 4 nitrogen and oxygen atoms in total. The fourth-order valence-corrected chi connectivity index (χ4v) is 2.85. The average Bonchev–Trinajstić information content (AvgIpc) is 2.72. The van der Waals surface area contributed by atoms with Crippen molar-refractivity contribution in [1.82, 2.24) is 10.3 Å². The van der Waals surface area contributed by atoms with Crippen LogP contribution in [0.5, 0.6) is 5.75 Å². The lowest BCUT2D eigenvalue weighted by Gasteiger charge is -2.13. The number of rotatable bonds is 7. The van der Waals surface area contributed by atoms with E-state index in [4.69, 9.17) is 4.74 Å². The van der Waals surface area contributed by atoms with Crippen LogP contribution in [0.25, 0.3) is 6.08 Å². The third kappa shape index (κ3) is 6.06. The van der Waals surface area contributed by atoms with Crippen molar-refractivity contribution in [3.8, 4) is 5.75 Å². The van der Waals surface area contributed by atoms with Crippen LogP contribution >= 0.6 is 15.9 Å². The predicted octanol–water partition coefficient (Wildman–Crippen LogP) is 5.31. The molecule has 0 spiro atoms. The molecule has 1 atom stereocenters. The number of hydrogen-bond donors (Lipinski definition) is 1. The monoisotopic (exact) mass is 436 g/mol. The number of amides is 1. The highest BCUT2D eigenvalue weighted by Gasteiger charge is 2.07. The van der Waals surface area contributed by atoms with Gasteiger partial charge in [-0.25, -0.2) is 0 Å². The van der Waals surface area contributed by atoms with Crippen LogP contribution in [0.1, 0.15) is 29.7 Å². The molecule has 5 heteroatoms. The van der Waals surface area contributed by atoms with E-state index in [-0.39, 0.29) is 11.9 Å². The van der Waals surface area contributed by atoms with E-state index < -0.39 is 0 Å². The first-order valence-electron chi connectivity index (χ1n) is 8.96. The largest absolute Gasteiger partial charge is 0.489 e. The molecule has 0 aliphatic rings. The third-order valence-electron chi connectivity index (χ3n) is 4.19. The van der Waals surface area contributed by atoms with Gasteiger partial charge >= 0.3 is 0 Å². The van der Waals surface area contributed by atoms with Gasteiger partial charge in [0.1, 0.15) is 12.4 Å². The molecule has 28 heavy (non-hydrogen) atoms. The van der Waals surface area contributed by atoms with Gasteiger partial charge in [-0.1, -0.05) is 40.2 Å². The minimum atomic E-state index is -0.131. The van der Waals surface area contributed by atoms with Crippen molar-refractivity contribution >= 4 is 27.9 Å². The van der Waals surface area contributed by atoms with Gasteiger partial charge in [-0.2, -0.15) is 0 Å². The number of hydrogen-bond acceptors (Lipinski definition) is 3. The van der Waals surface area contributed by atoms with Gasteiger partial charge in [-0.3, -0.25) is 9.78 Å². The Morgan fingerprint density at radius 1 is 1.07 bits per heavy atom. The Kier molecular flexibility index (Phi) is 6.98. The second-order valence-electron chi connectivity index (χ2n) is 6.33. The van der Waals surface area contributed by atoms with E-state index in [0.717, 1.165) is 26.9 Å². The molecule has 0 radical (unpaired) electrons. The molecule has 0 aliphatic heterocycles. The Hall–Kier alpha value is -2.92. The lowest BCUT2D eigenvalue weighted by atomic mass is 10.1. The summed E-state index contributed by atoms with van der Waals surface area (Å²) in [5, 5.41) is 2.96. The molecular weight excluding hydrogens is 416 g/mol. The minimum absolute atomic E-state index is 0.0609. The Bertz CT molecular complexity index is 923. The molecule has 1 aromatic heterocycles. The van der Waals surface area contributed by atoms with E-state index in [9.17, 15) is 4.79 Å². The standard InChI is InChI=1S/C23H21BrN2O2/c1-17(20-5-7-21(24)8-6-20)26-23(27)11-4-18-2-9-22(10-3-18)28-16-19-12-14-25-15-13-19/h2-15,17H,16H2,1H3,(H,26,27)/b11-4+. The van der Waals surface area contributed by atoms with Crippen molar-refractivity contribution < 1.29 is 9.53 Å². The Morgan fingerprint density at radius 2 is 1.75 bits per heavy atom. The molecular formula is C23H21BrN2O2. The molecule has 1 heterocycles. The predicted molar refractivity (Wildman–Crippen MR) is 115 cm³/mol. The average molecular weight is 437 g/mol. The summed E-state index contributed by atoms with van der Waals surface area (Å²) >= 11 is 3.41. The molecule has 2 aromatic carbocycles. The summed E-state index contributed by atoms with van der Waals surface area (Å²) in [5.74, 6) is 0.649.